The molecule has 0 aliphatic rings. The molecule has 0 aromatic heterocycles. The summed E-state index contributed by atoms with van der Waals surface area (Å²) >= 11 is 0. The lowest BCUT2D eigenvalue weighted by Gasteiger charge is -2.26. The van der Waals surface area contributed by atoms with E-state index in [0.29, 0.717) is 19.6 Å². The zero-order chi connectivity index (χ0) is 16.6. The van der Waals surface area contributed by atoms with Crippen LogP contribution in [0, 0.1) is 0 Å². The highest BCUT2D eigenvalue weighted by molar-refractivity contribution is 4.71. The maximum atomic E-state index is 10.1. The molecule has 0 heterocycles. The fraction of sp³-hybridized carbons (Fsp3) is 0.778. The van der Waals surface area contributed by atoms with Crippen LogP contribution in [-0.2, 0) is 0 Å². The second-order valence-electron chi connectivity index (χ2n) is 5.94. The number of aliphatic hydroxyl groups is 3. The summed E-state index contributed by atoms with van der Waals surface area (Å²) in [5.74, 6) is 0. The quantitative estimate of drug-likeness (QED) is 0.303. The van der Waals surface area contributed by atoms with Crippen molar-refractivity contribution in [3.8, 4) is 0 Å². The van der Waals surface area contributed by atoms with Crippen LogP contribution in [0.5, 0.6) is 0 Å². The summed E-state index contributed by atoms with van der Waals surface area (Å²) in [7, 11) is 0. The molecule has 0 spiro atoms. The molecule has 0 saturated carbocycles. The van der Waals surface area contributed by atoms with Crippen LogP contribution in [0.3, 0.4) is 0 Å². The van der Waals surface area contributed by atoms with E-state index in [1.165, 1.54) is 0 Å². The topological polar surface area (TPSA) is 63.9 Å². The van der Waals surface area contributed by atoms with Gasteiger partial charge in [0.05, 0.1) is 18.8 Å². The van der Waals surface area contributed by atoms with Crippen molar-refractivity contribution in [1.82, 2.24) is 4.90 Å². The number of unbranched alkanes of at least 4 members (excludes halogenated alkanes) is 4. The van der Waals surface area contributed by atoms with E-state index in [1.54, 1.807) is 0 Å². The number of rotatable bonds is 16. The van der Waals surface area contributed by atoms with Gasteiger partial charge in [-0.05, 0) is 38.5 Å². The van der Waals surface area contributed by atoms with Crippen LogP contribution in [0.15, 0.2) is 25.3 Å². The van der Waals surface area contributed by atoms with E-state index < -0.39 is 12.2 Å². The maximum Gasteiger partial charge on any atom is 0.0667 e. The van der Waals surface area contributed by atoms with Crippen molar-refractivity contribution in [2.24, 2.45) is 0 Å². The number of aliphatic hydroxyl groups excluding tert-OH is 3. The second kappa shape index (κ2) is 15.2. The number of hydrogen-bond acceptors (Lipinski definition) is 4. The normalized spacial score (nSPS) is 14.0. The Morgan fingerprint density at radius 2 is 1.27 bits per heavy atom. The van der Waals surface area contributed by atoms with Crippen molar-refractivity contribution < 1.29 is 15.3 Å². The minimum absolute atomic E-state index is 0.0480. The van der Waals surface area contributed by atoms with Crippen molar-refractivity contribution >= 4 is 0 Å². The van der Waals surface area contributed by atoms with Gasteiger partial charge in [-0.15, -0.1) is 13.2 Å². The molecule has 0 rings (SSSR count). The molecule has 0 saturated heterocycles. The van der Waals surface area contributed by atoms with Crippen molar-refractivity contribution in [1.29, 1.82) is 0 Å². The molecule has 4 nitrogen and oxygen atoms in total. The van der Waals surface area contributed by atoms with Gasteiger partial charge in [-0.25, -0.2) is 0 Å². The molecule has 2 unspecified atom stereocenters. The average molecular weight is 313 g/mol. The highest BCUT2D eigenvalue weighted by atomic mass is 16.3. The molecule has 130 valence electrons. The van der Waals surface area contributed by atoms with Gasteiger partial charge in [-0.1, -0.05) is 25.0 Å². The zero-order valence-corrected chi connectivity index (χ0v) is 14.0. The third kappa shape index (κ3) is 13.0. The van der Waals surface area contributed by atoms with Gasteiger partial charge in [0.1, 0.15) is 0 Å². The molecule has 2 atom stereocenters. The van der Waals surface area contributed by atoms with Gasteiger partial charge in [0, 0.05) is 19.6 Å². The van der Waals surface area contributed by atoms with Crippen molar-refractivity contribution in [3.63, 3.8) is 0 Å². The van der Waals surface area contributed by atoms with Crippen molar-refractivity contribution in [3.05, 3.63) is 25.3 Å². The van der Waals surface area contributed by atoms with Crippen LogP contribution in [0.1, 0.15) is 51.4 Å². The molecule has 0 aromatic carbocycles. The summed E-state index contributed by atoms with van der Waals surface area (Å²) in [5.41, 5.74) is 0. The Hall–Kier alpha value is -0.680. The lowest BCUT2D eigenvalue weighted by atomic mass is 10.1. The lowest BCUT2D eigenvalue weighted by molar-refractivity contribution is 0.0521. The molecule has 0 aromatic rings. The van der Waals surface area contributed by atoms with Crippen LogP contribution in [0.4, 0.5) is 0 Å². The minimum atomic E-state index is -0.399. The van der Waals surface area contributed by atoms with E-state index in [-0.39, 0.29) is 6.61 Å². The Morgan fingerprint density at radius 1 is 0.818 bits per heavy atom. The smallest absolute Gasteiger partial charge is 0.0667 e. The summed E-state index contributed by atoms with van der Waals surface area (Å²) in [5, 5.41) is 29.3. The van der Waals surface area contributed by atoms with Crippen LogP contribution < -0.4 is 0 Å². The Morgan fingerprint density at radius 3 is 1.64 bits per heavy atom. The Kier molecular flexibility index (Phi) is 14.8. The monoisotopic (exact) mass is 313 g/mol. The standard InChI is InChI=1S/C18H35NO3/c1-3-5-7-9-11-17(21)15-19(13-14-20)16-18(22)12-10-8-6-4-2/h3-4,17-18,20-22H,1-2,5-16H2. The first-order valence-electron chi connectivity index (χ1n) is 8.55. The predicted octanol–water partition coefficient (Wildman–Crippen LogP) is 2.50. The van der Waals surface area contributed by atoms with Gasteiger partial charge < -0.3 is 15.3 Å². The number of hydrogen-bond donors (Lipinski definition) is 3. The van der Waals surface area contributed by atoms with Crippen molar-refractivity contribution in [2.45, 2.75) is 63.6 Å². The SMILES string of the molecule is C=CCCCCC(O)CN(CCO)CC(O)CCCCC=C. The molecule has 22 heavy (non-hydrogen) atoms. The maximum absolute atomic E-state index is 10.1. The average Bonchev–Trinajstić information content (AvgIpc) is 2.48. The summed E-state index contributed by atoms with van der Waals surface area (Å²) < 4.78 is 0. The molecule has 0 bridgehead atoms. The van der Waals surface area contributed by atoms with Gasteiger partial charge in [-0.2, -0.15) is 0 Å². The Balaban J connectivity index is 3.95. The summed E-state index contributed by atoms with van der Waals surface area (Å²) in [6, 6.07) is 0. The second-order valence-corrected chi connectivity index (χ2v) is 5.94. The van der Waals surface area contributed by atoms with Crippen LogP contribution in [-0.4, -0.2) is 58.7 Å². The van der Waals surface area contributed by atoms with E-state index in [4.69, 9.17) is 5.11 Å². The van der Waals surface area contributed by atoms with Crippen LogP contribution in [0.2, 0.25) is 0 Å². The number of allylic oxidation sites excluding steroid dienone is 2. The van der Waals surface area contributed by atoms with Crippen LogP contribution >= 0.6 is 0 Å². The summed E-state index contributed by atoms with van der Waals surface area (Å²) in [6.07, 6.45) is 10.5. The van der Waals surface area contributed by atoms with E-state index >= 15 is 0 Å². The van der Waals surface area contributed by atoms with Gasteiger partial charge in [0.25, 0.3) is 0 Å². The summed E-state index contributed by atoms with van der Waals surface area (Å²) in [4.78, 5) is 1.95. The fourth-order valence-corrected chi connectivity index (χ4v) is 2.51. The van der Waals surface area contributed by atoms with E-state index in [1.807, 2.05) is 17.1 Å². The fourth-order valence-electron chi connectivity index (χ4n) is 2.51. The Bertz CT molecular complexity index is 247. The summed E-state index contributed by atoms with van der Waals surface area (Å²) in [6.45, 7) is 8.94. The number of nitrogens with zero attached hydrogens (tertiary/aromatic N) is 1. The molecule has 0 radical (unpaired) electrons. The Labute approximate surface area is 136 Å². The third-order valence-electron chi connectivity index (χ3n) is 3.75. The van der Waals surface area contributed by atoms with Crippen LogP contribution in [0.25, 0.3) is 0 Å². The van der Waals surface area contributed by atoms with E-state index in [2.05, 4.69) is 13.2 Å². The molecular formula is C18H35NO3. The minimum Gasteiger partial charge on any atom is -0.395 e. The highest BCUT2D eigenvalue weighted by Gasteiger charge is 2.15. The van der Waals surface area contributed by atoms with Crippen molar-refractivity contribution in [2.75, 3.05) is 26.2 Å². The molecule has 0 aliphatic carbocycles. The highest BCUT2D eigenvalue weighted by Crippen LogP contribution is 2.09. The van der Waals surface area contributed by atoms with E-state index in [0.717, 1.165) is 51.4 Å². The molecule has 0 fully saturated rings. The molecule has 4 heteroatoms. The lowest BCUT2D eigenvalue weighted by Crippen LogP contribution is -2.39. The first kappa shape index (κ1) is 21.3. The first-order chi connectivity index (χ1) is 10.6. The molecule has 0 amide bonds. The van der Waals surface area contributed by atoms with Gasteiger partial charge >= 0.3 is 0 Å². The molecular weight excluding hydrogens is 278 g/mol. The first-order valence-corrected chi connectivity index (χ1v) is 8.55. The van der Waals surface area contributed by atoms with Gasteiger partial charge in [0.2, 0.25) is 0 Å². The zero-order valence-electron chi connectivity index (χ0n) is 14.0. The molecule has 3 N–H and O–H groups in total. The van der Waals surface area contributed by atoms with E-state index in [9.17, 15) is 10.2 Å². The van der Waals surface area contributed by atoms with Gasteiger partial charge in [-0.3, -0.25) is 4.90 Å². The molecule has 0 aliphatic heterocycles. The predicted molar refractivity (Wildman–Crippen MR) is 92.9 cm³/mol. The third-order valence-corrected chi connectivity index (χ3v) is 3.75. The van der Waals surface area contributed by atoms with Gasteiger partial charge in [0.15, 0.2) is 0 Å². The largest absolute Gasteiger partial charge is 0.395 e.